The van der Waals surface area contributed by atoms with Crippen LogP contribution in [0.4, 0.5) is 18.9 Å². The zero-order valence-corrected chi connectivity index (χ0v) is 18.2. The van der Waals surface area contributed by atoms with E-state index in [1.807, 2.05) is 11.8 Å². The zero-order chi connectivity index (χ0) is 19.9. The van der Waals surface area contributed by atoms with Crippen molar-refractivity contribution in [2.45, 2.75) is 19.5 Å². The number of hydrogen-bond acceptors (Lipinski definition) is 4. The van der Waals surface area contributed by atoms with Gasteiger partial charge in [-0.3, -0.25) is 14.5 Å². The van der Waals surface area contributed by atoms with Crippen molar-refractivity contribution in [3.63, 3.8) is 0 Å². The molecule has 0 atom stereocenters. The molecule has 1 aliphatic rings. The Kier molecular flexibility index (Phi) is 9.99. The van der Waals surface area contributed by atoms with Crippen LogP contribution in [0.2, 0.25) is 0 Å². The van der Waals surface area contributed by atoms with Gasteiger partial charge in [0.25, 0.3) is 0 Å². The van der Waals surface area contributed by atoms with Crippen molar-refractivity contribution in [1.29, 1.82) is 0 Å². The average molecular weight is 518 g/mol. The molecule has 12 heteroatoms. The standard InChI is InChI=1S/C16H25F3N6O2.HI/c1-3-20-15(21-5-4-8-27-12-16(17,18)19)24-6-7-25(14(26)11-24)13-9-22-23(2)10-13;/h9-10H,3-8,11-12H2,1-2H3,(H,20,21);1H. The summed E-state index contributed by atoms with van der Waals surface area (Å²) in [6, 6.07) is 0. The van der Waals surface area contributed by atoms with E-state index in [2.05, 4.69) is 20.1 Å². The van der Waals surface area contributed by atoms with Gasteiger partial charge in [0.2, 0.25) is 5.91 Å². The maximum Gasteiger partial charge on any atom is 0.411 e. The molecular formula is C16H26F3IN6O2. The molecule has 1 aliphatic heterocycles. The minimum absolute atomic E-state index is 0. The fourth-order valence-electron chi connectivity index (χ4n) is 2.64. The molecule has 1 amide bonds. The second-order valence-electron chi connectivity index (χ2n) is 6.10. The number of aromatic nitrogens is 2. The van der Waals surface area contributed by atoms with Gasteiger partial charge in [0, 0.05) is 46.0 Å². The monoisotopic (exact) mass is 518 g/mol. The predicted molar refractivity (Wildman–Crippen MR) is 110 cm³/mol. The van der Waals surface area contributed by atoms with Crippen LogP contribution in [0.15, 0.2) is 17.4 Å². The van der Waals surface area contributed by atoms with Gasteiger partial charge in [-0.15, -0.1) is 24.0 Å². The number of carbonyl (C=O) groups excluding carboxylic acids is 1. The lowest BCUT2D eigenvalue weighted by atomic mass is 10.3. The Morgan fingerprint density at radius 1 is 1.39 bits per heavy atom. The lowest BCUT2D eigenvalue weighted by Crippen LogP contribution is -2.55. The zero-order valence-electron chi connectivity index (χ0n) is 15.9. The first-order valence-electron chi connectivity index (χ1n) is 8.77. The molecule has 0 saturated carbocycles. The Balaban J connectivity index is 0.00000392. The summed E-state index contributed by atoms with van der Waals surface area (Å²) in [5.74, 6) is 0.515. The fraction of sp³-hybridized carbons (Fsp3) is 0.688. The molecule has 0 aliphatic carbocycles. The number of nitrogens with one attached hydrogen (secondary N) is 1. The summed E-state index contributed by atoms with van der Waals surface area (Å²) in [5, 5.41) is 7.20. The summed E-state index contributed by atoms with van der Waals surface area (Å²) in [5.41, 5.74) is 0.755. The number of aliphatic imine (C=N–C) groups is 1. The van der Waals surface area contributed by atoms with Gasteiger partial charge in [-0.2, -0.15) is 18.3 Å². The number of carbonyl (C=O) groups is 1. The number of halogens is 4. The van der Waals surface area contributed by atoms with E-state index in [9.17, 15) is 18.0 Å². The number of aryl methyl sites for hydroxylation is 1. The molecule has 1 aromatic heterocycles. The largest absolute Gasteiger partial charge is 0.411 e. The van der Waals surface area contributed by atoms with E-state index in [0.717, 1.165) is 5.69 Å². The molecule has 0 radical (unpaired) electrons. The summed E-state index contributed by atoms with van der Waals surface area (Å²) in [6.07, 6.45) is -0.511. The number of piperazine rings is 1. The second kappa shape index (κ2) is 11.4. The number of guanidine groups is 1. The van der Waals surface area contributed by atoms with Crippen LogP contribution in [0.25, 0.3) is 0 Å². The minimum atomic E-state index is -4.31. The predicted octanol–water partition coefficient (Wildman–Crippen LogP) is 1.62. The van der Waals surface area contributed by atoms with Crippen LogP contribution in [-0.2, 0) is 16.6 Å². The molecule has 0 spiro atoms. The number of ether oxygens (including phenoxy) is 1. The van der Waals surface area contributed by atoms with E-state index in [-0.39, 0.29) is 43.0 Å². The lowest BCUT2D eigenvalue weighted by molar-refractivity contribution is -0.173. The Morgan fingerprint density at radius 3 is 2.71 bits per heavy atom. The number of anilines is 1. The van der Waals surface area contributed by atoms with Crippen molar-refractivity contribution in [1.82, 2.24) is 20.0 Å². The van der Waals surface area contributed by atoms with Crippen LogP contribution in [0.1, 0.15) is 13.3 Å². The molecule has 1 N–H and O–H groups in total. The van der Waals surface area contributed by atoms with Gasteiger partial charge in [0.1, 0.15) is 13.2 Å². The molecule has 1 aromatic rings. The van der Waals surface area contributed by atoms with Crippen LogP contribution in [0.3, 0.4) is 0 Å². The van der Waals surface area contributed by atoms with Crippen molar-refractivity contribution in [2.75, 3.05) is 50.8 Å². The molecule has 2 heterocycles. The maximum absolute atomic E-state index is 12.5. The third-order valence-corrected chi connectivity index (χ3v) is 3.83. The highest BCUT2D eigenvalue weighted by Crippen LogP contribution is 2.16. The summed E-state index contributed by atoms with van der Waals surface area (Å²) < 4.78 is 42.3. The van der Waals surface area contributed by atoms with Crippen LogP contribution in [0.5, 0.6) is 0 Å². The number of alkyl halides is 3. The molecule has 160 valence electrons. The normalized spacial score (nSPS) is 15.6. The quantitative estimate of drug-likeness (QED) is 0.257. The number of rotatable bonds is 7. The highest BCUT2D eigenvalue weighted by Gasteiger charge is 2.28. The lowest BCUT2D eigenvalue weighted by Gasteiger charge is -2.35. The Morgan fingerprint density at radius 2 is 2.14 bits per heavy atom. The highest BCUT2D eigenvalue weighted by atomic mass is 127. The van der Waals surface area contributed by atoms with Crippen LogP contribution in [0, 0.1) is 0 Å². The van der Waals surface area contributed by atoms with E-state index in [0.29, 0.717) is 38.6 Å². The maximum atomic E-state index is 12.5. The first kappa shape index (κ1) is 24.5. The molecule has 0 unspecified atom stereocenters. The van der Waals surface area contributed by atoms with E-state index in [1.165, 1.54) is 0 Å². The van der Waals surface area contributed by atoms with Crippen molar-refractivity contribution in [2.24, 2.45) is 12.0 Å². The van der Waals surface area contributed by atoms with Gasteiger partial charge in [0.05, 0.1) is 11.9 Å². The van der Waals surface area contributed by atoms with Gasteiger partial charge in [-0.25, -0.2) is 0 Å². The Labute approximate surface area is 179 Å². The number of hydrogen-bond donors (Lipinski definition) is 1. The first-order chi connectivity index (χ1) is 12.8. The van der Waals surface area contributed by atoms with Crippen LogP contribution < -0.4 is 10.2 Å². The summed E-state index contributed by atoms with van der Waals surface area (Å²) in [4.78, 5) is 20.4. The van der Waals surface area contributed by atoms with Crippen molar-refractivity contribution < 1.29 is 22.7 Å². The summed E-state index contributed by atoms with van der Waals surface area (Å²) in [6.45, 7) is 2.86. The molecule has 0 bridgehead atoms. The Bertz CT molecular complexity index is 653. The molecule has 1 saturated heterocycles. The van der Waals surface area contributed by atoms with E-state index in [1.54, 1.807) is 29.0 Å². The van der Waals surface area contributed by atoms with Crippen LogP contribution in [-0.4, -0.2) is 78.7 Å². The van der Waals surface area contributed by atoms with Crippen molar-refractivity contribution in [3.8, 4) is 0 Å². The Hall–Kier alpha value is -1.57. The second-order valence-corrected chi connectivity index (χ2v) is 6.10. The third kappa shape index (κ3) is 7.81. The van der Waals surface area contributed by atoms with Crippen molar-refractivity contribution >= 4 is 41.5 Å². The van der Waals surface area contributed by atoms with Gasteiger partial charge in [-0.1, -0.05) is 0 Å². The smallest absolute Gasteiger partial charge is 0.372 e. The molecule has 1 fully saturated rings. The van der Waals surface area contributed by atoms with E-state index in [4.69, 9.17) is 0 Å². The molecule has 2 rings (SSSR count). The first-order valence-corrected chi connectivity index (χ1v) is 8.77. The van der Waals surface area contributed by atoms with Crippen LogP contribution >= 0.6 is 24.0 Å². The van der Waals surface area contributed by atoms with E-state index < -0.39 is 12.8 Å². The summed E-state index contributed by atoms with van der Waals surface area (Å²) >= 11 is 0. The fourth-order valence-corrected chi connectivity index (χ4v) is 2.64. The van der Waals surface area contributed by atoms with Gasteiger partial charge in [-0.05, 0) is 13.3 Å². The average Bonchev–Trinajstić information content (AvgIpc) is 3.02. The topological polar surface area (TPSA) is 75.0 Å². The molecular weight excluding hydrogens is 492 g/mol. The molecule has 28 heavy (non-hydrogen) atoms. The minimum Gasteiger partial charge on any atom is -0.372 e. The number of amides is 1. The molecule has 0 aromatic carbocycles. The summed E-state index contributed by atoms with van der Waals surface area (Å²) in [7, 11) is 1.79. The van der Waals surface area contributed by atoms with Gasteiger partial charge >= 0.3 is 6.18 Å². The van der Waals surface area contributed by atoms with Gasteiger partial charge < -0.3 is 19.9 Å². The molecule has 8 nitrogen and oxygen atoms in total. The van der Waals surface area contributed by atoms with E-state index >= 15 is 0 Å². The van der Waals surface area contributed by atoms with Gasteiger partial charge in [0.15, 0.2) is 5.96 Å². The highest BCUT2D eigenvalue weighted by molar-refractivity contribution is 14.0. The van der Waals surface area contributed by atoms with Crippen molar-refractivity contribution in [3.05, 3.63) is 12.4 Å². The third-order valence-electron chi connectivity index (χ3n) is 3.83. The SMILES string of the molecule is CCNC(=NCCCOCC(F)(F)F)N1CCN(c2cnn(C)c2)C(=O)C1.I. The number of nitrogens with zero attached hydrogens (tertiary/aromatic N) is 5.